The van der Waals surface area contributed by atoms with Crippen molar-refractivity contribution in [3.05, 3.63) is 65.2 Å². The largest absolute Gasteiger partial charge is 0.447 e. The number of amides is 1. The molecule has 1 N–H and O–H groups in total. The van der Waals surface area contributed by atoms with Gasteiger partial charge in [-0.3, -0.25) is 9.59 Å². The minimum absolute atomic E-state index is 0.0385. The number of nitrogens with one attached hydrogen (secondary N) is 1. The molecule has 1 saturated heterocycles. The molecule has 0 spiro atoms. The highest BCUT2D eigenvalue weighted by atomic mass is 32.2. The molecule has 1 fully saturated rings. The minimum atomic E-state index is -3.27. The van der Waals surface area contributed by atoms with E-state index in [-0.39, 0.29) is 18.8 Å². The van der Waals surface area contributed by atoms with E-state index in [0.717, 1.165) is 11.1 Å². The number of benzene rings is 2. The van der Waals surface area contributed by atoms with Gasteiger partial charge in [-0.05, 0) is 56.9 Å². The average molecular weight is 459 g/mol. The van der Waals surface area contributed by atoms with E-state index in [2.05, 4.69) is 5.32 Å². The second-order valence-electron chi connectivity index (χ2n) is 8.17. The fraction of sp³-hybridized carbons (Fsp3) is 0.417. The third kappa shape index (κ3) is 5.95. The maximum Gasteiger partial charge on any atom is 0.310 e. The van der Waals surface area contributed by atoms with Gasteiger partial charge in [0.2, 0.25) is 16.1 Å². The summed E-state index contributed by atoms with van der Waals surface area (Å²) in [6, 6.07) is 14.6. The predicted molar refractivity (Wildman–Crippen MR) is 124 cm³/mol. The summed E-state index contributed by atoms with van der Waals surface area (Å²) in [7, 11) is -3.27. The summed E-state index contributed by atoms with van der Waals surface area (Å²) in [4.78, 5) is 26.0. The van der Waals surface area contributed by atoms with E-state index in [1.165, 1.54) is 4.31 Å². The van der Waals surface area contributed by atoms with Gasteiger partial charge >= 0.3 is 5.97 Å². The van der Waals surface area contributed by atoms with Gasteiger partial charge in [0.25, 0.3) is 5.91 Å². The topological polar surface area (TPSA) is 92.8 Å². The zero-order valence-electron chi connectivity index (χ0n) is 18.7. The van der Waals surface area contributed by atoms with Gasteiger partial charge in [0.15, 0.2) is 0 Å². The number of hydrogen-bond acceptors (Lipinski definition) is 5. The first-order valence-electron chi connectivity index (χ1n) is 10.8. The van der Waals surface area contributed by atoms with Gasteiger partial charge in [-0.1, -0.05) is 36.4 Å². The molecule has 1 aliphatic rings. The first kappa shape index (κ1) is 23.9. The molecule has 8 heteroatoms. The Morgan fingerprint density at radius 2 is 1.66 bits per heavy atom. The van der Waals surface area contributed by atoms with Crippen LogP contribution in [0.5, 0.6) is 0 Å². The lowest BCUT2D eigenvalue weighted by molar-refractivity contribution is -0.160. The summed E-state index contributed by atoms with van der Waals surface area (Å²) in [5.74, 6) is -1.32. The third-order valence-electron chi connectivity index (χ3n) is 5.61. The van der Waals surface area contributed by atoms with Crippen molar-refractivity contribution in [3.8, 4) is 0 Å². The molecular weight excluding hydrogens is 428 g/mol. The maximum atomic E-state index is 13.1. The molecule has 1 unspecified atom stereocenters. The predicted octanol–water partition coefficient (Wildman–Crippen LogP) is 3.59. The molecule has 1 heterocycles. The molecule has 1 atom stereocenters. The standard InChI is InChI=1S/C24H30N2O5S/c1-4-32(29,30)26-12-10-20(11-13-26)24(28)31-22(19-8-6-5-7-9-19)23(27)25-21-15-17(2)14-18(3)16-21/h5-9,14-16,20,22H,4,10-13H2,1-3H3,(H,25,27). The molecule has 0 radical (unpaired) electrons. The van der Waals surface area contributed by atoms with Crippen LogP contribution in [0, 0.1) is 19.8 Å². The Morgan fingerprint density at radius 3 is 2.22 bits per heavy atom. The Hall–Kier alpha value is -2.71. The van der Waals surface area contributed by atoms with Crippen molar-refractivity contribution < 1.29 is 22.7 Å². The van der Waals surface area contributed by atoms with E-state index in [9.17, 15) is 18.0 Å². The molecule has 0 aliphatic carbocycles. The van der Waals surface area contributed by atoms with Crippen molar-refractivity contribution in [2.75, 3.05) is 24.2 Å². The molecule has 3 rings (SSSR count). The Labute approximate surface area is 189 Å². The maximum absolute atomic E-state index is 13.1. The van der Waals surface area contributed by atoms with Gasteiger partial charge in [0.05, 0.1) is 11.7 Å². The van der Waals surface area contributed by atoms with Crippen molar-refractivity contribution >= 4 is 27.6 Å². The number of carbonyl (C=O) groups excluding carboxylic acids is 2. The molecule has 2 aromatic carbocycles. The molecule has 2 aromatic rings. The lowest BCUT2D eigenvalue weighted by Crippen LogP contribution is -2.41. The van der Waals surface area contributed by atoms with E-state index >= 15 is 0 Å². The molecule has 1 aliphatic heterocycles. The Morgan fingerprint density at radius 1 is 1.06 bits per heavy atom. The third-order valence-corrected chi connectivity index (χ3v) is 7.49. The number of anilines is 1. The van der Waals surface area contributed by atoms with E-state index < -0.39 is 33.9 Å². The summed E-state index contributed by atoms with van der Waals surface area (Å²) < 4.78 is 31.2. The summed E-state index contributed by atoms with van der Waals surface area (Å²) in [5.41, 5.74) is 3.25. The SMILES string of the molecule is CCS(=O)(=O)N1CCC(C(=O)OC(C(=O)Nc2cc(C)cc(C)c2)c2ccccc2)CC1. The van der Waals surface area contributed by atoms with Crippen molar-refractivity contribution in [2.24, 2.45) is 5.92 Å². The van der Waals surface area contributed by atoms with Crippen LogP contribution >= 0.6 is 0 Å². The van der Waals surface area contributed by atoms with Crippen LogP contribution in [0.1, 0.15) is 42.6 Å². The summed E-state index contributed by atoms with van der Waals surface area (Å²) in [5, 5.41) is 2.86. The van der Waals surface area contributed by atoms with Crippen LogP contribution in [0.2, 0.25) is 0 Å². The molecule has 0 saturated carbocycles. The molecule has 32 heavy (non-hydrogen) atoms. The number of aryl methyl sites for hydroxylation is 2. The molecule has 0 aromatic heterocycles. The van der Waals surface area contributed by atoms with Gasteiger partial charge in [0.1, 0.15) is 0 Å². The lowest BCUT2D eigenvalue weighted by atomic mass is 9.98. The van der Waals surface area contributed by atoms with Gasteiger partial charge in [-0.2, -0.15) is 0 Å². The van der Waals surface area contributed by atoms with Crippen molar-refractivity contribution in [3.63, 3.8) is 0 Å². The molecule has 172 valence electrons. The van der Waals surface area contributed by atoms with Gasteiger partial charge in [-0.15, -0.1) is 0 Å². The Bertz CT molecular complexity index is 1040. The van der Waals surface area contributed by atoms with Crippen LogP contribution in [0.4, 0.5) is 5.69 Å². The minimum Gasteiger partial charge on any atom is -0.447 e. The second-order valence-corrected chi connectivity index (χ2v) is 10.4. The zero-order valence-corrected chi connectivity index (χ0v) is 19.5. The normalized spacial score (nSPS) is 16.3. The highest BCUT2D eigenvalue weighted by Crippen LogP contribution is 2.26. The van der Waals surface area contributed by atoms with Crippen molar-refractivity contribution in [1.29, 1.82) is 0 Å². The van der Waals surface area contributed by atoms with Gasteiger partial charge < -0.3 is 10.1 Å². The second kappa shape index (κ2) is 10.3. The van der Waals surface area contributed by atoms with E-state index in [4.69, 9.17) is 4.74 Å². The van der Waals surface area contributed by atoms with Crippen LogP contribution in [0.3, 0.4) is 0 Å². The number of nitrogens with zero attached hydrogens (tertiary/aromatic N) is 1. The van der Waals surface area contributed by atoms with Gasteiger partial charge in [-0.25, -0.2) is 12.7 Å². The van der Waals surface area contributed by atoms with E-state index in [1.54, 1.807) is 31.2 Å². The fourth-order valence-electron chi connectivity index (χ4n) is 3.92. The highest BCUT2D eigenvalue weighted by molar-refractivity contribution is 7.89. The van der Waals surface area contributed by atoms with Crippen molar-refractivity contribution in [1.82, 2.24) is 4.31 Å². The molecule has 0 bridgehead atoms. The highest BCUT2D eigenvalue weighted by Gasteiger charge is 2.34. The number of carbonyl (C=O) groups is 2. The number of hydrogen-bond donors (Lipinski definition) is 1. The summed E-state index contributed by atoms with van der Waals surface area (Å²) >= 11 is 0. The molecule has 1 amide bonds. The fourth-order valence-corrected chi connectivity index (χ4v) is 5.05. The zero-order chi connectivity index (χ0) is 23.3. The summed E-state index contributed by atoms with van der Waals surface area (Å²) in [6.07, 6.45) is -0.349. The van der Waals surface area contributed by atoms with Gasteiger partial charge in [0, 0.05) is 24.3 Å². The first-order chi connectivity index (χ1) is 15.2. The lowest BCUT2D eigenvalue weighted by Gasteiger charge is -2.30. The van der Waals surface area contributed by atoms with Crippen LogP contribution < -0.4 is 5.32 Å². The van der Waals surface area contributed by atoms with Crippen LogP contribution in [0.25, 0.3) is 0 Å². The Kier molecular flexibility index (Phi) is 7.69. The smallest absolute Gasteiger partial charge is 0.310 e. The number of ether oxygens (including phenoxy) is 1. The monoisotopic (exact) mass is 458 g/mol. The number of esters is 1. The number of rotatable bonds is 7. The van der Waals surface area contributed by atoms with E-state index in [0.29, 0.717) is 24.1 Å². The number of sulfonamides is 1. The van der Waals surface area contributed by atoms with Crippen LogP contribution in [-0.4, -0.2) is 43.4 Å². The van der Waals surface area contributed by atoms with Crippen LogP contribution in [-0.2, 0) is 24.3 Å². The average Bonchev–Trinajstić information content (AvgIpc) is 2.77. The quantitative estimate of drug-likeness (QED) is 0.640. The number of piperidine rings is 1. The first-order valence-corrected chi connectivity index (χ1v) is 12.4. The summed E-state index contributed by atoms with van der Waals surface area (Å²) in [6.45, 7) is 6.06. The van der Waals surface area contributed by atoms with Crippen molar-refractivity contribution in [2.45, 2.75) is 39.7 Å². The van der Waals surface area contributed by atoms with Crippen LogP contribution in [0.15, 0.2) is 48.5 Å². The molecular formula is C24H30N2O5S. The Balaban J connectivity index is 1.72. The molecule has 7 nitrogen and oxygen atoms in total. The van der Waals surface area contributed by atoms with E-state index in [1.807, 2.05) is 38.1 Å².